The lowest BCUT2D eigenvalue weighted by atomic mass is 9.82. The molecule has 2 heteroatoms. The van der Waals surface area contributed by atoms with Gasteiger partial charge in [0, 0.05) is 11.8 Å². The van der Waals surface area contributed by atoms with E-state index in [4.69, 9.17) is 0 Å². The molecule has 0 saturated heterocycles. The molecule has 0 bridgehead atoms. The average molecular weight is 475 g/mol. The number of rotatable bonds is 17. The summed E-state index contributed by atoms with van der Waals surface area (Å²) in [5.41, 5.74) is 5.06. The van der Waals surface area contributed by atoms with E-state index in [0.717, 1.165) is 11.3 Å². The zero-order valence-corrected chi connectivity index (χ0v) is 23.9. The van der Waals surface area contributed by atoms with Gasteiger partial charge < -0.3 is 0 Å². The van der Waals surface area contributed by atoms with Gasteiger partial charge in [-0.05, 0) is 61.6 Å². The summed E-state index contributed by atoms with van der Waals surface area (Å²) < 4.78 is 0. The van der Waals surface area contributed by atoms with Crippen LogP contribution in [0.25, 0.3) is 0 Å². The summed E-state index contributed by atoms with van der Waals surface area (Å²) in [6, 6.07) is 0. The SMILES string of the molecule is CCCCP(CCCC)[C@H](C)C1=CC=CC1C1C=CC=C1[C@@H](C)P(CCCC)CCCC. The molecule has 0 amide bonds. The van der Waals surface area contributed by atoms with E-state index in [1.54, 1.807) is 11.1 Å². The second-order valence-electron chi connectivity index (χ2n) is 9.99. The van der Waals surface area contributed by atoms with Gasteiger partial charge in [-0.15, -0.1) is 0 Å². The molecule has 2 aliphatic carbocycles. The summed E-state index contributed by atoms with van der Waals surface area (Å²) >= 11 is 0. The van der Waals surface area contributed by atoms with Gasteiger partial charge in [0.15, 0.2) is 0 Å². The predicted octanol–water partition coefficient (Wildman–Crippen LogP) is 10.2. The Morgan fingerprint density at radius 2 is 0.906 bits per heavy atom. The Bertz CT molecular complexity index is 569. The van der Waals surface area contributed by atoms with Crippen LogP contribution in [-0.2, 0) is 0 Å². The highest BCUT2D eigenvalue weighted by Crippen LogP contribution is 2.54. The first-order valence-corrected chi connectivity index (χ1v) is 17.4. The van der Waals surface area contributed by atoms with E-state index >= 15 is 0 Å². The minimum absolute atomic E-state index is 0.108. The van der Waals surface area contributed by atoms with Crippen molar-refractivity contribution in [3.8, 4) is 0 Å². The summed E-state index contributed by atoms with van der Waals surface area (Å²) in [4.78, 5) is 0. The minimum atomic E-state index is 0.108. The summed E-state index contributed by atoms with van der Waals surface area (Å²) in [6.07, 6.45) is 31.8. The molecule has 0 heterocycles. The minimum Gasteiger partial charge on any atom is -0.0996 e. The standard InChI is InChI=1S/C30H52P2/c1-7-11-21-31(22-12-8-2)25(5)27-17-15-19-29(27)30-20-16-18-28(30)26(6)32(23-13-9-3)24-14-10-4/h15-20,25-26,29-30H,7-14,21-24H2,1-6H3/t25-,26-,29?,30?/m1/s1. The van der Waals surface area contributed by atoms with Crippen LogP contribution in [-0.4, -0.2) is 36.0 Å². The maximum Gasteiger partial charge on any atom is 0.00899 e. The number of unbranched alkanes of at least 4 members (excludes halogenated alkanes) is 4. The van der Waals surface area contributed by atoms with Crippen molar-refractivity contribution in [1.82, 2.24) is 0 Å². The quantitative estimate of drug-likeness (QED) is 0.184. The number of hydrogen-bond donors (Lipinski definition) is 0. The van der Waals surface area contributed by atoms with Crippen LogP contribution in [0.1, 0.15) is 92.9 Å². The van der Waals surface area contributed by atoms with Crippen LogP contribution in [0.5, 0.6) is 0 Å². The van der Waals surface area contributed by atoms with Gasteiger partial charge in [0.05, 0.1) is 0 Å². The topological polar surface area (TPSA) is 0 Å². The molecule has 0 N–H and O–H groups in total. The van der Waals surface area contributed by atoms with Crippen LogP contribution in [0, 0.1) is 11.8 Å². The normalized spacial score (nSPS) is 22.1. The van der Waals surface area contributed by atoms with Crippen LogP contribution in [0.15, 0.2) is 47.6 Å². The molecular formula is C30H52P2. The van der Waals surface area contributed by atoms with E-state index in [2.05, 4.69) is 78.0 Å². The van der Waals surface area contributed by atoms with Crippen molar-refractivity contribution in [2.75, 3.05) is 24.6 Å². The molecule has 182 valence electrons. The molecule has 0 radical (unpaired) electrons. The van der Waals surface area contributed by atoms with Gasteiger partial charge in [-0.2, -0.15) is 0 Å². The van der Waals surface area contributed by atoms with Crippen LogP contribution in [0.2, 0.25) is 0 Å². The monoisotopic (exact) mass is 474 g/mol. The Hall–Kier alpha value is -0.180. The molecule has 0 nitrogen and oxygen atoms in total. The Balaban J connectivity index is 2.14. The molecule has 0 aromatic heterocycles. The van der Waals surface area contributed by atoms with E-state index in [-0.39, 0.29) is 15.8 Å². The van der Waals surface area contributed by atoms with Crippen molar-refractivity contribution in [3.63, 3.8) is 0 Å². The van der Waals surface area contributed by atoms with Crippen molar-refractivity contribution in [3.05, 3.63) is 47.6 Å². The average Bonchev–Trinajstić information content (AvgIpc) is 3.48. The first-order valence-electron chi connectivity index (χ1n) is 13.8. The van der Waals surface area contributed by atoms with E-state index in [9.17, 15) is 0 Å². The molecule has 2 unspecified atom stereocenters. The summed E-state index contributed by atoms with van der Waals surface area (Å²) in [5.74, 6) is 1.22. The highest BCUT2D eigenvalue weighted by molar-refractivity contribution is 7.59. The second kappa shape index (κ2) is 15.7. The van der Waals surface area contributed by atoms with Gasteiger partial charge >= 0.3 is 0 Å². The third-order valence-electron chi connectivity index (χ3n) is 7.63. The summed E-state index contributed by atoms with van der Waals surface area (Å²) in [7, 11) is 0.217. The molecule has 2 rings (SSSR count). The first-order chi connectivity index (χ1) is 15.6. The maximum absolute atomic E-state index is 2.57. The smallest absolute Gasteiger partial charge is 0.00899 e. The zero-order chi connectivity index (χ0) is 23.3. The molecule has 32 heavy (non-hydrogen) atoms. The van der Waals surface area contributed by atoms with Gasteiger partial charge in [-0.1, -0.05) is 131 Å². The lowest BCUT2D eigenvalue weighted by Gasteiger charge is -2.35. The van der Waals surface area contributed by atoms with Crippen molar-refractivity contribution in [2.45, 2.75) is 104 Å². The fourth-order valence-corrected chi connectivity index (χ4v) is 11.6. The lowest BCUT2D eigenvalue weighted by Crippen LogP contribution is -2.24. The number of allylic oxidation sites excluding steroid dienone is 8. The fraction of sp³-hybridized carbons (Fsp3) is 0.733. The molecule has 2 aliphatic rings. The van der Waals surface area contributed by atoms with Crippen molar-refractivity contribution in [1.29, 1.82) is 0 Å². The summed E-state index contributed by atoms with van der Waals surface area (Å²) in [5, 5.41) is 0. The molecular weight excluding hydrogens is 422 g/mol. The van der Waals surface area contributed by atoms with Crippen LogP contribution < -0.4 is 0 Å². The molecule has 0 fully saturated rings. The van der Waals surface area contributed by atoms with Crippen molar-refractivity contribution in [2.24, 2.45) is 11.8 Å². The van der Waals surface area contributed by atoms with Crippen LogP contribution >= 0.6 is 15.8 Å². The Kier molecular flexibility index (Phi) is 13.7. The second-order valence-corrected chi connectivity index (χ2v) is 15.7. The molecule has 0 aliphatic heterocycles. The van der Waals surface area contributed by atoms with E-state index in [1.165, 1.54) is 76.0 Å². The first kappa shape index (κ1) is 28.1. The van der Waals surface area contributed by atoms with E-state index < -0.39 is 0 Å². The fourth-order valence-electron chi connectivity index (χ4n) is 5.37. The third-order valence-corrected chi connectivity index (χ3v) is 14.0. The maximum atomic E-state index is 2.57. The molecule has 0 spiro atoms. The Morgan fingerprint density at radius 3 is 1.19 bits per heavy atom. The highest BCUT2D eigenvalue weighted by atomic mass is 31.1. The largest absolute Gasteiger partial charge is 0.0996 e. The van der Waals surface area contributed by atoms with Crippen LogP contribution in [0.3, 0.4) is 0 Å². The van der Waals surface area contributed by atoms with E-state index in [1.807, 2.05) is 0 Å². The predicted molar refractivity (Wildman–Crippen MR) is 153 cm³/mol. The third kappa shape index (κ3) is 7.95. The van der Waals surface area contributed by atoms with Crippen molar-refractivity contribution < 1.29 is 0 Å². The summed E-state index contributed by atoms with van der Waals surface area (Å²) in [6.45, 7) is 14.6. The van der Waals surface area contributed by atoms with E-state index in [0.29, 0.717) is 11.8 Å². The van der Waals surface area contributed by atoms with Gasteiger partial charge in [0.25, 0.3) is 0 Å². The Labute approximate surface area is 204 Å². The Morgan fingerprint density at radius 1 is 0.594 bits per heavy atom. The number of hydrogen-bond acceptors (Lipinski definition) is 0. The molecule has 4 atom stereocenters. The van der Waals surface area contributed by atoms with Gasteiger partial charge in [0.2, 0.25) is 0 Å². The van der Waals surface area contributed by atoms with Crippen molar-refractivity contribution >= 4 is 15.8 Å². The molecule has 0 aromatic rings. The molecule has 0 aromatic carbocycles. The van der Waals surface area contributed by atoms with Gasteiger partial charge in [-0.25, -0.2) is 0 Å². The van der Waals surface area contributed by atoms with Gasteiger partial charge in [0.1, 0.15) is 0 Å². The molecule has 0 saturated carbocycles. The lowest BCUT2D eigenvalue weighted by molar-refractivity contribution is 0.594. The van der Waals surface area contributed by atoms with Gasteiger partial charge in [-0.3, -0.25) is 0 Å². The zero-order valence-electron chi connectivity index (χ0n) is 22.2. The highest BCUT2D eigenvalue weighted by Gasteiger charge is 2.35. The van der Waals surface area contributed by atoms with Crippen LogP contribution in [0.4, 0.5) is 0 Å².